The standard InChI is InChI=1S/C11H13N3OS2/c1-15-8-2-4-9(5-3-8)16-7-10-6-13-11(14-12)17-10/h2-6H,7,12H2,1H3,(H,13,14). The van der Waals surface area contributed by atoms with E-state index in [1.165, 1.54) is 9.77 Å². The van der Waals surface area contributed by atoms with Crippen molar-refractivity contribution in [2.24, 2.45) is 5.84 Å². The van der Waals surface area contributed by atoms with Crippen LogP contribution >= 0.6 is 23.1 Å². The first kappa shape index (κ1) is 12.2. The van der Waals surface area contributed by atoms with E-state index in [0.717, 1.165) is 16.6 Å². The number of methoxy groups -OCH3 is 1. The van der Waals surface area contributed by atoms with Gasteiger partial charge in [0.1, 0.15) is 5.75 Å². The van der Waals surface area contributed by atoms with E-state index in [4.69, 9.17) is 10.6 Å². The van der Waals surface area contributed by atoms with Gasteiger partial charge in [-0.2, -0.15) is 0 Å². The van der Waals surface area contributed by atoms with Crippen molar-refractivity contribution in [3.63, 3.8) is 0 Å². The van der Waals surface area contributed by atoms with Crippen LogP contribution in [0.3, 0.4) is 0 Å². The maximum atomic E-state index is 5.28. The molecule has 0 fully saturated rings. The van der Waals surface area contributed by atoms with E-state index < -0.39 is 0 Å². The second-order valence-electron chi connectivity index (χ2n) is 3.24. The summed E-state index contributed by atoms with van der Waals surface area (Å²) in [5.41, 5.74) is 2.54. The Balaban J connectivity index is 1.92. The molecule has 0 radical (unpaired) electrons. The summed E-state index contributed by atoms with van der Waals surface area (Å²) in [5, 5.41) is 0.746. The van der Waals surface area contributed by atoms with Crippen molar-refractivity contribution in [2.45, 2.75) is 10.6 Å². The third kappa shape index (κ3) is 3.36. The first-order chi connectivity index (χ1) is 8.31. The molecule has 1 aromatic carbocycles. The van der Waals surface area contributed by atoms with Gasteiger partial charge in [0, 0.05) is 21.7 Å². The molecule has 17 heavy (non-hydrogen) atoms. The molecule has 0 saturated heterocycles. The molecular formula is C11H13N3OS2. The van der Waals surface area contributed by atoms with Gasteiger partial charge in [-0.3, -0.25) is 5.43 Å². The van der Waals surface area contributed by atoms with E-state index >= 15 is 0 Å². The SMILES string of the molecule is COc1ccc(SCc2cnc(NN)s2)cc1. The molecule has 0 atom stereocenters. The van der Waals surface area contributed by atoms with Crippen molar-refractivity contribution in [1.29, 1.82) is 0 Å². The largest absolute Gasteiger partial charge is 0.497 e. The number of hydrogen-bond acceptors (Lipinski definition) is 6. The number of thiazole rings is 1. The first-order valence-electron chi connectivity index (χ1n) is 5.00. The minimum Gasteiger partial charge on any atom is -0.497 e. The van der Waals surface area contributed by atoms with Crippen LogP contribution in [0, 0.1) is 0 Å². The number of nitrogens with zero attached hydrogens (tertiary/aromatic N) is 1. The van der Waals surface area contributed by atoms with E-state index in [-0.39, 0.29) is 0 Å². The van der Waals surface area contributed by atoms with Crippen LogP contribution in [-0.4, -0.2) is 12.1 Å². The Kier molecular flexibility index (Phi) is 4.24. The number of ether oxygens (including phenoxy) is 1. The van der Waals surface area contributed by atoms with Gasteiger partial charge in [0.25, 0.3) is 0 Å². The van der Waals surface area contributed by atoms with Gasteiger partial charge in [-0.05, 0) is 24.3 Å². The highest BCUT2D eigenvalue weighted by Crippen LogP contribution is 2.28. The predicted molar refractivity (Wildman–Crippen MR) is 72.5 cm³/mol. The molecule has 2 rings (SSSR count). The minimum absolute atomic E-state index is 0.746. The van der Waals surface area contributed by atoms with Gasteiger partial charge in [0.2, 0.25) is 0 Å². The fourth-order valence-corrected chi connectivity index (χ4v) is 2.91. The highest BCUT2D eigenvalue weighted by molar-refractivity contribution is 7.98. The molecule has 4 nitrogen and oxygen atoms in total. The van der Waals surface area contributed by atoms with Gasteiger partial charge in [-0.25, -0.2) is 10.8 Å². The molecule has 90 valence electrons. The summed E-state index contributed by atoms with van der Waals surface area (Å²) in [5.74, 6) is 7.05. The van der Waals surface area contributed by atoms with Gasteiger partial charge < -0.3 is 4.74 Å². The molecule has 1 heterocycles. The van der Waals surface area contributed by atoms with Gasteiger partial charge in [-0.1, -0.05) is 0 Å². The predicted octanol–water partition coefficient (Wildman–Crippen LogP) is 2.73. The maximum Gasteiger partial charge on any atom is 0.197 e. The zero-order valence-corrected chi connectivity index (χ0v) is 11.0. The molecule has 0 aliphatic carbocycles. The fraction of sp³-hybridized carbons (Fsp3) is 0.182. The van der Waals surface area contributed by atoms with E-state index in [0.29, 0.717) is 0 Å². The average molecular weight is 267 g/mol. The topological polar surface area (TPSA) is 60.2 Å². The molecule has 1 aromatic heterocycles. The zero-order valence-electron chi connectivity index (χ0n) is 9.34. The number of aromatic nitrogens is 1. The normalized spacial score (nSPS) is 10.2. The summed E-state index contributed by atoms with van der Waals surface area (Å²) in [4.78, 5) is 6.53. The Morgan fingerprint density at radius 3 is 2.76 bits per heavy atom. The van der Waals surface area contributed by atoms with Crippen LogP contribution in [0.2, 0.25) is 0 Å². The number of benzene rings is 1. The van der Waals surface area contributed by atoms with E-state index in [9.17, 15) is 0 Å². The maximum absolute atomic E-state index is 5.28. The Bertz CT molecular complexity index is 470. The minimum atomic E-state index is 0.746. The van der Waals surface area contributed by atoms with Crippen LogP contribution in [0.25, 0.3) is 0 Å². The third-order valence-electron chi connectivity index (χ3n) is 2.12. The molecule has 0 spiro atoms. The third-order valence-corrected chi connectivity index (χ3v) is 4.29. The van der Waals surface area contributed by atoms with Crippen molar-refractivity contribution in [2.75, 3.05) is 12.5 Å². The van der Waals surface area contributed by atoms with Crippen LogP contribution in [0.4, 0.5) is 5.13 Å². The quantitative estimate of drug-likeness (QED) is 0.495. The molecule has 0 amide bonds. The van der Waals surface area contributed by atoms with Crippen LogP contribution in [0.5, 0.6) is 5.75 Å². The van der Waals surface area contributed by atoms with E-state index in [1.54, 1.807) is 30.2 Å². The summed E-state index contributed by atoms with van der Waals surface area (Å²) in [6.45, 7) is 0. The number of hydrogen-bond donors (Lipinski definition) is 2. The summed E-state index contributed by atoms with van der Waals surface area (Å²) in [6, 6.07) is 8.02. The Labute approximate surface area is 108 Å². The number of nitrogen functional groups attached to an aromatic ring is 1. The molecule has 0 saturated carbocycles. The highest BCUT2D eigenvalue weighted by atomic mass is 32.2. The van der Waals surface area contributed by atoms with Gasteiger partial charge in [0.15, 0.2) is 5.13 Å². The van der Waals surface area contributed by atoms with Crippen molar-refractivity contribution in [3.05, 3.63) is 35.3 Å². The molecule has 0 aliphatic heterocycles. The summed E-state index contributed by atoms with van der Waals surface area (Å²) < 4.78 is 5.11. The molecular weight excluding hydrogens is 254 g/mol. The van der Waals surface area contributed by atoms with Crippen molar-refractivity contribution >= 4 is 28.2 Å². The number of nitrogens with two attached hydrogens (primary N) is 1. The number of rotatable bonds is 5. The molecule has 2 aromatic rings. The van der Waals surface area contributed by atoms with E-state index in [1.807, 2.05) is 30.5 Å². The summed E-state index contributed by atoms with van der Waals surface area (Å²) in [6.07, 6.45) is 1.84. The van der Waals surface area contributed by atoms with Crippen molar-refractivity contribution in [3.8, 4) is 5.75 Å². The number of hydrazine groups is 1. The lowest BCUT2D eigenvalue weighted by molar-refractivity contribution is 0.414. The zero-order chi connectivity index (χ0) is 12.1. The van der Waals surface area contributed by atoms with Crippen LogP contribution in [0.15, 0.2) is 35.4 Å². The van der Waals surface area contributed by atoms with Gasteiger partial charge >= 0.3 is 0 Å². The van der Waals surface area contributed by atoms with Crippen molar-refractivity contribution < 1.29 is 4.74 Å². The molecule has 6 heteroatoms. The lowest BCUT2D eigenvalue weighted by atomic mass is 10.3. The monoisotopic (exact) mass is 267 g/mol. The Morgan fingerprint density at radius 2 is 2.18 bits per heavy atom. The summed E-state index contributed by atoms with van der Waals surface area (Å²) >= 11 is 3.33. The molecule has 0 bridgehead atoms. The van der Waals surface area contributed by atoms with Crippen LogP contribution in [0.1, 0.15) is 4.88 Å². The number of nitrogens with one attached hydrogen (secondary N) is 1. The second kappa shape index (κ2) is 5.90. The summed E-state index contributed by atoms with van der Waals surface area (Å²) in [7, 11) is 1.67. The fourth-order valence-electron chi connectivity index (χ4n) is 1.27. The molecule has 0 aliphatic rings. The Morgan fingerprint density at radius 1 is 1.41 bits per heavy atom. The van der Waals surface area contributed by atoms with Gasteiger partial charge in [0.05, 0.1) is 7.11 Å². The first-order valence-corrected chi connectivity index (χ1v) is 6.80. The average Bonchev–Trinajstić information content (AvgIpc) is 2.85. The number of anilines is 1. The van der Waals surface area contributed by atoms with Crippen molar-refractivity contribution in [1.82, 2.24) is 4.98 Å². The second-order valence-corrected chi connectivity index (χ2v) is 5.40. The molecule has 3 N–H and O–H groups in total. The lowest BCUT2D eigenvalue weighted by Crippen LogP contribution is -2.05. The molecule has 0 unspecified atom stereocenters. The highest BCUT2D eigenvalue weighted by Gasteiger charge is 2.01. The lowest BCUT2D eigenvalue weighted by Gasteiger charge is -2.01. The smallest absolute Gasteiger partial charge is 0.197 e. The van der Waals surface area contributed by atoms with E-state index in [2.05, 4.69) is 10.4 Å². The van der Waals surface area contributed by atoms with Gasteiger partial charge in [-0.15, -0.1) is 23.1 Å². The van der Waals surface area contributed by atoms with Crippen LogP contribution in [-0.2, 0) is 5.75 Å². The Hall–Kier alpha value is -1.24. The van der Waals surface area contributed by atoms with Crippen LogP contribution < -0.4 is 16.0 Å². The number of thioether (sulfide) groups is 1.